The Labute approximate surface area is 92.6 Å². The van der Waals surface area contributed by atoms with E-state index in [1.165, 1.54) is 0 Å². The minimum atomic E-state index is -4.71. The number of alkyl halides is 3. The number of hydrogen-bond acceptors (Lipinski definition) is 3. The summed E-state index contributed by atoms with van der Waals surface area (Å²) < 4.78 is 37.5. The van der Waals surface area contributed by atoms with Gasteiger partial charge in [-0.25, -0.2) is 0 Å². The quantitative estimate of drug-likeness (QED) is 0.825. The number of aromatic nitrogens is 2. The number of aromatic amines is 1. The predicted molar refractivity (Wildman–Crippen MR) is 47.4 cm³/mol. The third-order valence-corrected chi connectivity index (χ3v) is 2.60. The number of H-pyrrole nitrogens is 1. The van der Waals surface area contributed by atoms with Crippen LogP contribution in [-0.2, 0) is 17.4 Å². The number of halogens is 3. The van der Waals surface area contributed by atoms with Gasteiger partial charge in [-0.3, -0.25) is 14.7 Å². The molecule has 1 unspecified atom stereocenters. The van der Waals surface area contributed by atoms with Crippen LogP contribution in [0.15, 0.2) is 0 Å². The van der Waals surface area contributed by atoms with E-state index in [1.54, 1.807) is 0 Å². The lowest BCUT2D eigenvalue weighted by molar-refractivity contribution is -0.141. The first-order valence-electron chi connectivity index (χ1n) is 4.71. The largest absolute Gasteiger partial charge is 0.481 e. The predicted octanol–water partition coefficient (Wildman–Crippen LogP) is 1.26. The van der Waals surface area contributed by atoms with Crippen molar-refractivity contribution in [2.45, 2.75) is 19.0 Å². The topological polar surface area (TPSA) is 83.0 Å². The van der Waals surface area contributed by atoms with E-state index in [2.05, 4.69) is 10.2 Å². The molecule has 0 aliphatic heterocycles. The second-order valence-corrected chi connectivity index (χ2v) is 3.79. The van der Waals surface area contributed by atoms with Gasteiger partial charge in [0, 0.05) is 18.0 Å². The van der Waals surface area contributed by atoms with E-state index in [-0.39, 0.29) is 12.1 Å². The van der Waals surface area contributed by atoms with Gasteiger partial charge in [-0.1, -0.05) is 0 Å². The van der Waals surface area contributed by atoms with E-state index in [9.17, 15) is 22.8 Å². The smallest absolute Gasteiger partial charge is 0.435 e. The summed E-state index contributed by atoms with van der Waals surface area (Å²) in [4.78, 5) is 22.1. The molecule has 1 aromatic heterocycles. The van der Waals surface area contributed by atoms with Crippen LogP contribution >= 0.6 is 0 Å². The van der Waals surface area contributed by atoms with Crippen molar-refractivity contribution in [2.24, 2.45) is 5.92 Å². The third-order valence-electron chi connectivity index (χ3n) is 2.60. The summed E-state index contributed by atoms with van der Waals surface area (Å²) in [7, 11) is 0. The molecule has 1 aliphatic carbocycles. The molecule has 0 saturated heterocycles. The zero-order valence-corrected chi connectivity index (χ0v) is 8.34. The van der Waals surface area contributed by atoms with Crippen LogP contribution in [0.1, 0.15) is 28.2 Å². The number of carbonyl (C=O) groups is 2. The summed E-state index contributed by atoms with van der Waals surface area (Å²) in [6.45, 7) is 0. The minimum absolute atomic E-state index is 0.0381. The van der Waals surface area contributed by atoms with E-state index in [1.807, 2.05) is 0 Å². The Hall–Kier alpha value is -1.86. The van der Waals surface area contributed by atoms with Gasteiger partial charge in [0.05, 0.1) is 12.0 Å². The molecule has 1 aromatic rings. The monoisotopic (exact) mass is 248 g/mol. The number of hydrogen-bond donors (Lipinski definition) is 2. The molecule has 0 fully saturated rings. The Bertz CT molecular complexity index is 492. The van der Waals surface area contributed by atoms with Crippen molar-refractivity contribution in [3.05, 3.63) is 17.0 Å². The Morgan fingerprint density at radius 1 is 1.53 bits per heavy atom. The van der Waals surface area contributed by atoms with Crippen LogP contribution < -0.4 is 0 Å². The van der Waals surface area contributed by atoms with Gasteiger partial charge in [-0.05, 0) is 0 Å². The zero-order valence-electron chi connectivity index (χ0n) is 8.34. The van der Waals surface area contributed by atoms with Crippen molar-refractivity contribution in [1.82, 2.24) is 10.2 Å². The maximum atomic E-state index is 12.5. The van der Waals surface area contributed by atoms with Crippen molar-refractivity contribution >= 4 is 11.8 Å². The molecular weight excluding hydrogens is 241 g/mol. The van der Waals surface area contributed by atoms with Gasteiger partial charge in [-0.15, -0.1) is 0 Å². The average Bonchev–Trinajstić information content (AvgIpc) is 2.67. The van der Waals surface area contributed by atoms with Crippen molar-refractivity contribution < 1.29 is 27.9 Å². The summed E-state index contributed by atoms with van der Waals surface area (Å²) in [6.07, 6.45) is -5.22. The van der Waals surface area contributed by atoms with Crippen LogP contribution in [0.3, 0.4) is 0 Å². The fourth-order valence-electron chi connectivity index (χ4n) is 1.92. The molecule has 5 nitrogen and oxygen atoms in total. The van der Waals surface area contributed by atoms with Gasteiger partial charge in [0.25, 0.3) is 0 Å². The zero-order chi connectivity index (χ0) is 12.8. The molecular formula is C9H7F3N2O3. The number of fused-ring (bicyclic) bond motifs is 1. The van der Waals surface area contributed by atoms with Gasteiger partial charge < -0.3 is 5.11 Å². The fraction of sp³-hybridized carbons (Fsp3) is 0.444. The molecule has 0 spiro atoms. The lowest BCUT2D eigenvalue weighted by Crippen LogP contribution is -2.18. The number of carbonyl (C=O) groups excluding carboxylic acids is 1. The van der Waals surface area contributed by atoms with E-state index >= 15 is 0 Å². The maximum Gasteiger partial charge on any atom is 0.435 e. The Kier molecular flexibility index (Phi) is 2.44. The maximum absolute atomic E-state index is 12.5. The molecule has 0 radical (unpaired) electrons. The molecule has 1 heterocycles. The number of carboxylic acids is 1. The molecule has 8 heteroatoms. The van der Waals surface area contributed by atoms with Gasteiger partial charge >= 0.3 is 12.1 Å². The Morgan fingerprint density at radius 2 is 2.18 bits per heavy atom. The van der Waals surface area contributed by atoms with Crippen LogP contribution in [-0.4, -0.2) is 27.1 Å². The van der Waals surface area contributed by atoms with Crippen molar-refractivity contribution in [3.8, 4) is 0 Å². The van der Waals surface area contributed by atoms with Crippen LogP contribution in [0.5, 0.6) is 0 Å². The first-order valence-corrected chi connectivity index (χ1v) is 4.71. The second kappa shape index (κ2) is 3.57. The molecule has 92 valence electrons. The molecule has 1 atom stereocenters. The van der Waals surface area contributed by atoms with Crippen LogP contribution in [0.2, 0.25) is 0 Å². The Morgan fingerprint density at radius 3 is 2.71 bits per heavy atom. The first-order chi connectivity index (χ1) is 7.80. The standard InChI is InChI=1S/C9H7F3N2O3/c10-9(11,12)8-6-4(13-14-8)1-3(7(6)17)2-5(15)16/h3H,1-2H2,(H,13,14)(H,15,16). The van der Waals surface area contributed by atoms with Crippen LogP contribution in [0.25, 0.3) is 0 Å². The lowest BCUT2D eigenvalue weighted by atomic mass is 10.0. The highest BCUT2D eigenvalue weighted by Gasteiger charge is 2.45. The highest BCUT2D eigenvalue weighted by Crippen LogP contribution is 2.37. The summed E-state index contributed by atoms with van der Waals surface area (Å²) >= 11 is 0. The number of Topliss-reactive ketones (excluding diaryl/α,β-unsaturated/α-hetero) is 1. The first kappa shape index (κ1) is 11.6. The third kappa shape index (κ3) is 1.90. The van der Waals surface area contributed by atoms with Gasteiger partial charge in [0.1, 0.15) is 0 Å². The number of nitrogens with one attached hydrogen (secondary N) is 1. The second-order valence-electron chi connectivity index (χ2n) is 3.79. The molecule has 0 bridgehead atoms. The molecule has 0 aromatic carbocycles. The summed E-state index contributed by atoms with van der Waals surface area (Å²) in [5.41, 5.74) is -1.71. The average molecular weight is 248 g/mol. The van der Waals surface area contributed by atoms with Crippen molar-refractivity contribution in [3.63, 3.8) is 0 Å². The fourth-order valence-corrected chi connectivity index (χ4v) is 1.92. The SMILES string of the molecule is O=C(O)CC1Cc2[nH]nc(C(F)(F)F)c2C1=O. The van der Waals surface area contributed by atoms with Gasteiger partial charge in [0.2, 0.25) is 0 Å². The molecule has 2 N–H and O–H groups in total. The van der Waals surface area contributed by atoms with E-state index < -0.39 is 41.5 Å². The summed E-state index contributed by atoms with van der Waals surface area (Å²) in [5.74, 6) is -2.95. The summed E-state index contributed by atoms with van der Waals surface area (Å²) in [5, 5.41) is 13.7. The van der Waals surface area contributed by atoms with E-state index in [0.717, 1.165) is 0 Å². The minimum Gasteiger partial charge on any atom is -0.481 e. The molecule has 17 heavy (non-hydrogen) atoms. The molecule has 2 rings (SSSR count). The van der Waals surface area contributed by atoms with E-state index in [0.29, 0.717) is 0 Å². The lowest BCUT2D eigenvalue weighted by Gasteiger charge is -2.06. The van der Waals surface area contributed by atoms with E-state index in [4.69, 9.17) is 5.11 Å². The van der Waals surface area contributed by atoms with Gasteiger partial charge in [-0.2, -0.15) is 18.3 Å². The highest BCUT2D eigenvalue weighted by atomic mass is 19.4. The summed E-state index contributed by atoms with van der Waals surface area (Å²) in [6, 6.07) is 0. The van der Waals surface area contributed by atoms with Crippen LogP contribution in [0.4, 0.5) is 13.2 Å². The number of rotatable bonds is 2. The Balaban J connectivity index is 2.35. The van der Waals surface area contributed by atoms with Crippen molar-refractivity contribution in [1.29, 1.82) is 0 Å². The van der Waals surface area contributed by atoms with Gasteiger partial charge in [0.15, 0.2) is 11.5 Å². The number of ketones is 1. The molecule has 0 saturated carbocycles. The molecule has 0 amide bonds. The van der Waals surface area contributed by atoms with Crippen LogP contribution in [0, 0.1) is 5.92 Å². The van der Waals surface area contributed by atoms with Crippen molar-refractivity contribution in [2.75, 3.05) is 0 Å². The number of carboxylic acid groups (broad SMARTS) is 1. The normalized spacial score (nSPS) is 19.5. The number of nitrogens with zero attached hydrogens (tertiary/aromatic N) is 1. The number of aliphatic carboxylic acids is 1. The molecule has 1 aliphatic rings. The highest BCUT2D eigenvalue weighted by molar-refractivity contribution is 6.04.